The van der Waals surface area contributed by atoms with Crippen molar-refractivity contribution in [3.8, 4) is 16.9 Å². The molecule has 138 valence electrons. The molecule has 0 atom stereocenters. The van der Waals surface area contributed by atoms with Crippen LogP contribution in [0.3, 0.4) is 0 Å². The van der Waals surface area contributed by atoms with E-state index in [0.29, 0.717) is 31.4 Å². The summed E-state index contributed by atoms with van der Waals surface area (Å²) < 4.78 is 5.75. The van der Waals surface area contributed by atoms with Crippen molar-refractivity contribution in [2.75, 3.05) is 0 Å². The van der Waals surface area contributed by atoms with Gasteiger partial charge in [-0.25, -0.2) is 0 Å². The van der Waals surface area contributed by atoms with Gasteiger partial charge in [-0.3, -0.25) is 4.79 Å². The number of carbonyl (C=O) groups excluding carboxylic acids is 1. The van der Waals surface area contributed by atoms with Gasteiger partial charge in [-0.1, -0.05) is 46.4 Å². The van der Waals surface area contributed by atoms with Crippen molar-refractivity contribution in [1.29, 1.82) is 0 Å². The van der Waals surface area contributed by atoms with E-state index in [4.69, 9.17) is 56.9 Å². The lowest BCUT2D eigenvalue weighted by Gasteiger charge is -2.11. The Hall–Kier alpha value is -1.91. The minimum Gasteiger partial charge on any atom is -0.489 e. The molecule has 0 aliphatic rings. The van der Waals surface area contributed by atoms with Gasteiger partial charge in [0.25, 0.3) is 0 Å². The Labute approximate surface area is 176 Å². The number of nitrogens with two attached hydrogens (primary N) is 1. The molecule has 0 radical (unpaired) electrons. The summed E-state index contributed by atoms with van der Waals surface area (Å²) in [6.07, 6.45) is 0. The number of amides is 1. The molecule has 0 aliphatic heterocycles. The molecule has 0 aliphatic carbocycles. The number of ether oxygens (including phenoxy) is 1. The highest BCUT2D eigenvalue weighted by Gasteiger charge is 2.10. The van der Waals surface area contributed by atoms with Gasteiger partial charge >= 0.3 is 0 Å². The molecule has 0 heterocycles. The van der Waals surface area contributed by atoms with Crippen molar-refractivity contribution < 1.29 is 9.53 Å². The van der Waals surface area contributed by atoms with Crippen LogP contribution < -0.4 is 10.5 Å². The monoisotopic (exact) mass is 439 g/mol. The molecule has 0 fully saturated rings. The van der Waals surface area contributed by atoms with E-state index in [-0.39, 0.29) is 6.61 Å². The maximum absolute atomic E-state index is 11.7. The first-order chi connectivity index (χ1) is 12.8. The molecule has 0 saturated heterocycles. The minimum atomic E-state index is -0.541. The van der Waals surface area contributed by atoms with Crippen LogP contribution in [-0.2, 0) is 6.61 Å². The fourth-order valence-electron chi connectivity index (χ4n) is 2.54. The third kappa shape index (κ3) is 5.08. The van der Waals surface area contributed by atoms with E-state index >= 15 is 0 Å². The van der Waals surface area contributed by atoms with Crippen LogP contribution in [0.15, 0.2) is 54.6 Å². The molecular weight excluding hydrogens is 428 g/mol. The molecule has 0 saturated carbocycles. The zero-order chi connectivity index (χ0) is 19.6. The number of hydrogen-bond donors (Lipinski definition) is 1. The Morgan fingerprint density at radius 3 is 2.11 bits per heavy atom. The van der Waals surface area contributed by atoms with Gasteiger partial charge in [0.2, 0.25) is 5.91 Å². The van der Waals surface area contributed by atoms with Crippen LogP contribution in [0, 0.1) is 0 Å². The van der Waals surface area contributed by atoms with Gasteiger partial charge in [0.15, 0.2) is 0 Å². The molecule has 27 heavy (non-hydrogen) atoms. The Bertz CT molecular complexity index is 1000. The molecule has 3 aromatic carbocycles. The van der Waals surface area contributed by atoms with Gasteiger partial charge in [0.1, 0.15) is 12.4 Å². The Morgan fingerprint density at radius 2 is 1.48 bits per heavy atom. The van der Waals surface area contributed by atoms with Crippen molar-refractivity contribution in [1.82, 2.24) is 0 Å². The number of benzene rings is 3. The fraction of sp³-hybridized carbons (Fsp3) is 0.0500. The maximum atomic E-state index is 11.7. The molecule has 7 heteroatoms. The summed E-state index contributed by atoms with van der Waals surface area (Å²) in [7, 11) is 0. The average molecular weight is 441 g/mol. The second kappa shape index (κ2) is 8.41. The van der Waals surface area contributed by atoms with Gasteiger partial charge in [0.05, 0.1) is 10.0 Å². The number of hydrogen-bond acceptors (Lipinski definition) is 2. The highest BCUT2D eigenvalue weighted by atomic mass is 35.5. The summed E-state index contributed by atoms with van der Waals surface area (Å²) in [6.45, 7) is 0.209. The van der Waals surface area contributed by atoms with Crippen molar-refractivity contribution in [3.05, 3.63) is 85.8 Å². The molecule has 2 N–H and O–H groups in total. The second-order valence-electron chi connectivity index (χ2n) is 5.81. The van der Waals surface area contributed by atoms with E-state index in [9.17, 15) is 4.79 Å². The summed E-state index contributed by atoms with van der Waals surface area (Å²) in [6, 6.07) is 15.4. The maximum Gasteiger partial charge on any atom is 0.248 e. The molecule has 3 rings (SSSR count). The summed E-state index contributed by atoms with van der Waals surface area (Å²) in [5, 5.41) is 1.83. The third-order valence-electron chi connectivity index (χ3n) is 3.77. The smallest absolute Gasteiger partial charge is 0.248 e. The zero-order valence-electron chi connectivity index (χ0n) is 13.8. The number of carbonyl (C=O) groups is 1. The molecule has 0 unspecified atom stereocenters. The van der Waals surface area contributed by atoms with E-state index in [0.717, 1.165) is 16.7 Å². The third-order valence-corrected chi connectivity index (χ3v) is 4.95. The van der Waals surface area contributed by atoms with Crippen molar-refractivity contribution in [2.24, 2.45) is 5.73 Å². The van der Waals surface area contributed by atoms with Crippen molar-refractivity contribution >= 4 is 52.3 Å². The first kappa shape index (κ1) is 19.8. The first-order valence-electron chi connectivity index (χ1n) is 7.80. The summed E-state index contributed by atoms with van der Waals surface area (Å²) in [5.41, 5.74) is 8.10. The molecule has 0 aromatic heterocycles. The van der Waals surface area contributed by atoms with Crippen LogP contribution in [0.4, 0.5) is 0 Å². The minimum absolute atomic E-state index is 0.209. The van der Waals surface area contributed by atoms with Gasteiger partial charge in [-0.2, -0.15) is 0 Å². The lowest BCUT2D eigenvalue weighted by atomic mass is 9.99. The highest BCUT2D eigenvalue weighted by Crippen LogP contribution is 2.30. The Kier molecular flexibility index (Phi) is 6.18. The molecular formula is C20H13Cl4NO2. The van der Waals surface area contributed by atoms with E-state index in [1.165, 1.54) is 0 Å². The number of rotatable bonds is 5. The van der Waals surface area contributed by atoms with Crippen molar-refractivity contribution in [2.45, 2.75) is 6.61 Å². The molecule has 3 nitrogen and oxygen atoms in total. The zero-order valence-corrected chi connectivity index (χ0v) is 16.8. The molecule has 0 spiro atoms. The summed E-state index contributed by atoms with van der Waals surface area (Å²) in [4.78, 5) is 11.7. The van der Waals surface area contributed by atoms with E-state index in [1.807, 2.05) is 6.07 Å². The molecule has 0 bridgehead atoms. The standard InChI is InChI=1S/C20H13Cl4NO2/c21-15-6-13(7-16(22)8-15)12-3-11(4-14(5-12)20(25)26)10-27-17-1-2-18(23)19(24)9-17/h1-9H,10H2,(H2,25,26). The van der Waals surface area contributed by atoms with Gasteiger partial charge in [-0.15, -0.1) is 0 Å². The van der Waals surface area contributed by atoms with Gasteiger partial charge in [-0.05, 0) is 65.2 Å². The van der Waals surface area contributed by atoms with Crippen LogP contribution in [0.5, 0.6) is 5.75 Å². The Morgan fingerprint density at radius 1 is 0.815 bits per heavy atom. The highest BCUT2D eigenvalue weighted by molar-refractivity contribution is 6.42. The normalized spacial score (nSPS) is 10.7. The van der Waals surface area contributed by atoms with E-state index in [1.54, 1.807) is 48.5 Å². The fourth-order valence-corrected chi connectivity index (χ4v) is 3.35. The molecule has 3 aromatic rings. The predicted molar refractivity (Wildman–Crippen MR) is 111 cm³/mol. The molecule has 1 amide bonds. The Balaban J connectivity index is 1.93. The van der Waals surface area contributed by atoms with Crippen LogP contribution >= 0.6 is 46.4 Å². The average Bonchev–Trinajstić information content (AvgIpc) is 2.61. The summed E-state index contributed by atoms with van der Waals surface area (Å²) in [5.74, 6) is 0.0157. The lowest BCUT2D eigenvalue weighted by Crippen LogP contribution is -2.12. The largest absolute Gasteiger partial charge is 0.489 e. The number of primary amides is 1. The topological polar surface area (TPSA) is 52.3 Å². The van der Waals surface area contributed by atoms with Gasteiger partial charge < -0.3 is 10.5 Å². The van der Waals surface area contributed by atoms with Crippen LogP contribution in [-0.4, -0.2) is 5.91 Å². The quantitative estimate of drug-likeness (QED) is 0.483. The van der Waals surface area contributed by atoms with Crippen LogP contribution in [0.25, 0.3) is 11.1 Å². The van der Waals surface area contributed by atoms with Crippen molar-refractivity contribution in [3.63, 3.8) is 0 Å². The first-order valence-corrected chi connectivity index (χ1v) is 9.31. The lowest BCUT2D eigenvalue weighted by molar-refractivity contribution is 0.1000. The number of halogens is 4. The van der Waals surface area contributed by atoms with Crippen LogP contribution in [0.2, 0.25) is 20.1 Å². The van der Waals surface area contributed by atoms with E-state index < -0.39 is 5.91 Å². The SMILES string of the molecule is NC(=O)c1cc(COc2ccc(Cl)c(Cl)c2)cc(-c2cc(Cl)cc(Cl)c2)c1. The van der Waals surface area contributed by atoms with Crippen LogP contribution in [0.1, 0.15) is 15.9 Å². The van der Waals surface area contributed by atoms with Gasteiger partial charge in [0, 0.05) is 21.7 Å². The summed E-state index contributed by atoms with van der Waals surface area (Å²) >= 11 is 24.1. The van der Waals surface area contributed by atoms with E-state index in [2.05, 4.69) is 0 Å². The second-order valence-corrected chi connectivity index (χ2v) is 7.49. The predicted octanol–water partition coefficient (Wildman–Crippen LogP) is 6.65.